The van der Waals surface area contributed by atoms with Crippen LogP contribution in [0.4, 0.5) is 4.39 Å². The minimum Gasteiger partial charge on any atom is -0.387 e. The zero-order chi connectivity index (χ0) is 21.6. The van der Waals surface area contributed by atoms with Gasteiger partial charge in [0.2, 0.25) is 0 Å². The normalized spacial score (nSPS) is 25.6. The average Bonchev–Trinajstić information content (AvgIpc) is 3.31. The number of fused-ring (bicyclic) bond motifs is 2. The highest BCUT2D eigenvalue weighted by atomic mass is 19.1. The van der Waals surface area contributed by atoms with Gasteiger partial charge >= 0.3 is 0 Å². The predicted octanol–water partition coefficient (Wildman–Crippen LogP) is 5.67. The van der Waals surface area contributed by atoms with Crippen LogP contribution in [-0.4, -0.2) is 19.9 Å². The van der Waals surface area contributed by atoms with Crippen LogP contribution in [0.3, 0.4) is 0 Å². The van der Waals surface area contributed by atoms with Crippen molar-refractivity contribution >= 4 is 6.08 Å². The molecule has 0 aliphatic heterocycles. The summed E-state index contributed by atoms with van der Waals surface area (Å²) in [6.07, 6.45) is 10.1. The third-order valence-corrected chi connectivity index (χ3v) is 7.85. The molecule has 1 saturated carbocycles. The van der Waals surface area contributed by atoms with Crippen LogP contribution in [-0.2, 0) is 6.42 Å². The number of halogens is 1. The summed E-state index contributed by atoms with van der Waals surface area (Å²) < 4.78 is 15.3. The molecule has 2 aliphatic carbocycles. The number of rotatable bonds is 5. The molecule has 2 aliphatic rings. The van der Waals surface area contributed by atoms with Crippen molar-refractivity contribution < 1.29 is 9.50 Å². The molecule has 0 saturated heterocycles. The summed E-state index contributed by atoms with van der Waals surface area (Å²) in [7, 11) is 0. The van der Waals surface area contributed by atoms with E-state index < -0.39 is 6.10 Å². The summed E-state index contributed by atoms with van der Waals surface area (Å²) in [4.78, 5) is 4.39. The summed E-state index contributed by atoms with van der Waals surface area (Å²) in [6, 6.07) is 12.2. The van der Waals surface area contributed by atoms with E-state index in [1.54, 1.807) is 18.3 Å². The van der Waals surface area contributed by atoms with Crippen molar-refractivity contribution in [2.24, 2.45) is 10.8 Å². The van der Waals surface area contributed by atoms with Gasteiger partial charge in [-0.15, -0.1) is 0 Å². The third-order valence-electron chi connectivity index (χ3n) is 7.85. The zero-order valence-corrected chi connectivity index (χ0v) is 18.1. The fourth-order valence-corrected chi connectivity index (χ4v) is 5.90. The molecule has 0 radical (unpaired) electrons. The van der Waals surface area contributed by atoms with Crippen molar-refractivity contribution in [3.63, 3.8) is 0 Å². The second-order valence-electron chi connectivity index (χ2n) is 9.23. The minimum absolute atomic E-state index is 0.00539. The van der Waals surface area contributed by atoms with Crippen LogP contribution in [0, 0.1) is 16.6 Å². The van der Waals surface area contributed by atoms with Gasteiger partial charge in [0.05, 0.1) is 29.4 Å². The Balaban J connectivity index is 1.50. The van der Waals surface area contributed by atoms with E-state index in [-0.39, 0.29) is 16.6 Å². The van der Waals surface area contributed by atoms with Crippen LogP contribution in [0.1, 0.15) is 62.6 Å². The van der Waals surface area contributed by atoms with E-state index in [2.05, 4.69) is 30.0 Å². The Morgan fingerprint density at radius 3 is 2.71 bits per heavy atom. The number of hydrogen-bond acceptors (Lipinski definition) is 3. The summed E-state index contributed by atoms with van der Waals surface area (Å²) in [5, 5.41) is 15.7. The number of nitrogens with zero attached hydrogens (tertiary/aromatic N) is 3. The largest absolute Gasteiger partial charge is 0.387 e. The Kier molecular flexibility index (Phi) is 4.82. The van der Waals surface area contributed by atoms with E-state index in [9.17, 15) is 9.50 Å². The molecule has 160 valence electrons. The first-order chi connectivity index (χ1) is 15.0. The Hall–Kier alpha value is -2.79. The van der Waals surface area contributed by atoms with Gasteiger partial charge in [-0.05, 0) is 91.0 Å². The highest BCUT2D eigenvalue weighted by molar-refractivity contribution is 5.62. The molecular formula is C26H28FN3O. The van der Waals surface area contributed by atoms with Gasteiger partial charge in [-0.2, -0.15) is 5.10 Å². The first-order valence-corrected chi connectivity index (χ1v) is 11.1. The molecule has 1 aromatic carbocycles. The summed E-state index contributed by atoms with van der Waals surface area (Å²) >= 11 is 0. The van der Waals surface area contributed by atoms with E-state index >= 15 is 0 Å². The SMILES string of the molecule is CC[C@@]1(CC(O)c2ccccn2)CCC2=Cc3c(cnn3-c3ccc(F)cc3)C[C@@]21C. The lowest BCUT2D eigenvalue weighted by Gasteiger charge is -2.47. The average molecular weight is 418 g/mol. The Morgan fingerprint density at radius 1 is 1.19 bits per heavy atom. The smallest absolute Gasteiger partial charge is 0.123 e. The predicted molar refractivity (Wildman–Crippen MR) is 119 cm³/mol. The van der Waals surface area contributed by atoms with Gasteiger partial charge in [-0.1, -0.05) is 25.5 Å². The molecule has 5 heteroatoms. The van der Waals surface area contributed by atoms with Gasteiger partial charge < -0.3 is 5.11 Å². The molecule has 3 atom stereocenters. The molecule has 2 aromatic heterocycles. The van der Waals surface area contributed by atoms with Crippen LogP contribution < -0.4 is 0 Å². The van der Waals surface area contributed by atoms with Crippen LogP contribution in [0.5, 0.6) is 0 Å². The van der Waals surface area contributed by atoms with Gasteiger partial charge in [-0.3, -0.25) is 4.98 Å². The molecule has 2 heterocycles. The lowest BCUT2D eigenvalue weighted by Crippen LogP contribution is -2.40. The summed E-state index contributed by atoms with van der Waals surface area (Å²) in [5.74, 6) is -0.245. The van der Waals surface area contributed by atoms with E-state index in [0.29, 0.717) is 6.42 Å². The van der Waals surface area contributed by atoms with Gasteiger partial charge in [0.25, 0.3) is 0 Å². The Bertz CT molecular complexity index is 1120. The zero-order valence-electron chi connectivity index (χ0n) is 18.1. The van der Waals surface area contributed by atoms with Gasteiger partial charge in [0.1, 0.15) is 5.82 Å². The molecule has 1 unspecified atom stereocenters. The molecule has 0 spiro atoms. The van der Waals surface area contributed by atoms with Crippen molar-refractivity contribution in [3.05, 3.63) is 83.2 Å². The highest BCUT2D eigenvalue weighted by Crippen LogP contribution is 2.64. The van der Waals surface area contributed by atoms with Gasteiger partial charge in [0.15, 0.2) is 0 Å². The van der Waals surface area contributed by atoms with Crippen molar-refractivity contribution in [2.45, 2.75) is 52.1 Å². The van der Waals surface area contributed by atoms with Crippen LogP contribution in [0.25, 0.3) is 11.8 Å². The van der Waals surface area contributed by atoms with Gasteiger partial charge in [0, 0.05) is 6.20 Å². The summed E-state index contributed by atoms with van der Waals surface area (Å²) in [6.45, 7) is 4.61. The number of aliphatic hydroxyl groups is 1. The molecule has 1 fully saturated rings. The minimum atomic E-state index is -0.569. The van der Waals surface area contributed by atoms with Crippen LogP contribution in [0.15, 0.2) is 60.4 Å². The van der Waals surface area contributed by atoms with Crippen LogP contribution in [0.2, 0.25) is 0 Å². The van der Waals surface area contributed by atoms with Crippen molar-refractivity contribution in [1.29, 1.82) is 0 Å². The first-order valence-electron chi connectivity index (χ1n) is 11.1. The quantitative estimate of drug-likeness (QED) is 0.582. The summed E-state index contributed by atoms with van der Waals surface area (Å²) in [5.41, 5.74) is 5.33. The number of hydrogen-bond donors (Lipinski definition) is 1. The number of aliphatic hydroxyl groups excluding tert-OH is 1. The second kappa shape index (κ2) is 7.41. The Morgan fingerprint density at radius 2 is 2.00 bits per heavy atom. The molecule has 1 N–H and O–H groups in total. The van der Waals surface area contributed by atoms with E-state index in [1.165, 1.54) is 23.3 Å². The second-order valence-corrected chi connectivity index (χ2v) is 9.23. The molecular weight excluding hydrogens is 389 g/mol. The number of allylic oxidation sites excluding steroid dienone is 1. The van der Waals surface area contributed by atoms with E-state index in [4.69, 9.17) is 0 Å². The molecule has 0 amide bonds. The van der Waals surface area contributed by atoms with E-state index in [1.807, 2.05) is 29.1 Å². The van der Waals surface area contributed by atoms with Crippen molar-refractivity contribution in [1.82, 2.24) is 14.8 Å². The maximum absolute atomic E-state index is 13.4. The van der Waals surface area contributed by atoms with Crippen LogP contribution >= 0.6 is 0 Å². The Labute approximate surface area is 182 Å². The molecule has 3 aromatic rings. The monoisotopic (exact) mass is 417 g/mol. The maximum atomic E-state index is 13.4. The molecule has 0 bridgehead atoms. The third kappa shape index (κ3) is 3.14. The fourth-order valence-electron chi connectivity index (χ4n) is 5.90. The van der Waals surface area contributed by atoms with Crippen molar-refractivity contribution in [3.8, 4) is 5.69 Å². The van der Waals surface area contributed by atoms with Gasteiger partial charge in [-0.25, -0.2) is 9.07 Å². The fraction of sp³-hybridized carbons (Fsp3) is 0.385. The number of pyridine rings is 1. The standard InChI is InChI=1S/C26H28FN3O/c1-3-26(16-24(31)22-6-4-5-13-28-22)12-11-19-14-23-18(15-25(19,26)2)17-29-30(23)21-9-7-20(27)8-10-21/h4-10,13-14,17,24,31H,3,11-12,15-16H2,1-2H3/t24?,25-,26-/m0/s1. The van der Waals surface area contributed by atoms with E-state index in [0.717, 1.165) is 42.8 Å². The number of aromatic nitrogens is 3. The molecule has 31 heavy (non-hydrogen) atoms. The highest BCUT2D eigenvalue weighted by Gasteiger charge is 2.55. The lowest BCUT2D eigenvalue weighted by molar-refractivity contribution is 0.0269. The molecule has 4 nitrogen and oxygen atoms in total. The van der Waals surface area contributed by atoms with Crippen molar-refractivity contribution in [2.75, 3.05) is 0 Å². The molecule has 5 rings (SSSR count). The first kappa shape index (κ1) is 20.1. The maximum Gasteiger partial charge on any atom is 0.123 e. The topological polar surface area (TPSA) is 50.9 Å². The number of benzene rings is 1. The lowest BCUT2D eigenvalue weighted by atomic mass is 9.57.